The molecule has 3 aromatic carbocycles. The summed E-state index contributed by atoms with van der Waals surface area (Å²) in [6.07, 6.45) is 2.34. The minimum atomic E-state index is -0.310. The molecular formula is C28H25Br2ClN4O3. The summed E-state index contributed by atoms with van der Waals surface area (Å²) in [7, 11) is 0. The first-order valence-corrected chi connectivity index (χ1v) is 13.9. The van der Waals surface area contributed by atoms with Crippen LogP contribution in [0.25, 0.3) is 10.9 Å². The van der Waals surface area contributed by atoms with E-state index in [-0.39, 0.29) is 24.0 Å². The SMILES string of the molecule is CC[C@H](C)c1nc2ccc(Br)cc2c(=O)n1N=Cc1cc(Cl)c(OCC(=O)Nc2ccc(C)cc2)c(Br)c1. The Labute approximate surface area is 242 Å². The van der Waals surface area contributed by atoms with E-state index >= 15 is 0 Å². The fourth-order valence-corrected chi connectivity index (χ4v) is 5.02. The Balaban J connectivity index is 1.57. The van der Waals surface area contributed by atoms with Crippen molar-refractivity contribution in [2.75, 3.05) is 11.9 Å². The highest BCUT2D eigenvalue weighted by molar-refractivity contribution is 9.10. The van der Waals surface area contributed by atoms with Gasteiger partial charge in [-0.15, -0.1) is 0 Å². The first-order chi connectivity index (χ1) is 18.2. The molecule has 0 saturated carbocycles. The number of aryl methyl sites for hydroxylation is 1. The topological polar surface area (TPSA) is 85.6 Å². The summed E-state index contributed by atoms with van der Waals surface area (Å²) >= 11 is 13.4. The zero-order valence-corrected chi connectivity index (χ0v) is 24.9. The molecule has 4 aromatic rings. The first-order valence-electron chi connectivity index (χ1n) is 11.9. The number of fused-ring (bicyclic) bond motifs is 1. The van der Waals surface area contributed by atoms with Gasteiger partial charge in [0.2, 0.25) is 0 Å². The summed E-state index contributed by atoms with van der Waals surface area (Å²) in [5, 5.41) is 8.02. The molecule has 1 aromatic heterocycles. The van der Waals surface area contributed by atoms with Crippen LogP contribution in [0.15, 0.2) is 73.4 Å². The minimum Gasteiger partial charge on any atom is -0.481 e. The molecular weight excluding hydrogens is 636 g/mol. The van der Waals surface area contributed by atoms with Crippen LogP contribution in [0.4, 0.5) is 5.69 Å². The number of aromatic nitrogens is 2. The van der Waals surface area contributed by atoms with Gasteiger partial charge in [-0.3, -0.25) is 9.59 Å². The average Bonchev–Trinajstić information content (AvgIpc) is 2.88. The largest absolute Gasteiger partial charge is 0.481 e. The predicted octanol–water partition coefficient (Wildman–Crippen LogP) is 7.30. The maximum atomic E-state index is 13.3. The first kappa shape index (κ1) is 28.0. The number of benzene rings is 3. The van der Waals surface area contributed by atoms with Crippen molar-refractivity contribution in [2.24, 2.45) is 5.10 Å². The molecule has 10 heteroatoms. The Morgan fingerprint density at radius 1 is 1.18 bits per heavy atom. The van der Waals surface area contributed by atoms with Crippen molar-refractivity contribution < 1.29 is 9.53 Å². The van der Waals surface area contributed by atoms with E-state index in [2.05, 4.69) is 42.3 Å². The third-order valence-electron chi connectivity index (χ3n) is 5.91. The molecule has 38 heavy (non-hydrogen) atoms. The number of rotatable bonds is 8. The number of amides is 1. The summed E-state index contributed by atoms with van der Waals surface area (Å²) in [5.74, 6) is 0.616. The van der Waals surface area contributed by atoms with Crippen molar-refractivity contribution in [3.05, 3.63) is 95.9 Å². The Hall–Kier alpha value is -3.01. The van der Waals surface area contributed by atoms with E-state index in [1.807, 2.05) is 57.2 Å². The molecule has 7 nitrogen and oxygen atoms in total. The number of ether oxygens (including phenoxy) is 1. The van der Waals surface area contributed by atoms with Crippen LogP contribution in [0.1, 0.15) is 43.1 Å². The second-order valence-corrected chi connectivity index (χ2v) is 11.0. The van der Waals surface area contributed by atoms with E-state index in [0.29, 0.717) is 43.2 Å². The smallest absolute Gasteiger partial charge is 0.282 e. The highest BCUT2D eigenvalue weighted by Crippen LogP contribution is 2.34. The highest BCUT2D eigenvalue weighted by Gasteiger charge is 2.16. The molecule has 0 aliphatic carbocycles. The number of carbonyl (C=O) groups excluding carboxylic acids is 1. The quantitative estimate of drug-likeness (QED) is 0.201. The van der Waals surface area contributed by atoms with Gasteiger partial charge in [-0.1, -0.05) is 59.1 Å². The molecule has 1 amide bonds. The minimum absolute atomic E-state index is 0.0186. The van der Waals surface area contributed by atoms with Gasteiger partial charge in [-0.05, 0) is 77.3 Å². The number of hydrogen-bond donors (Lipinski definition) is 1. The third kappa shape index (κ3) is 6.51. The molecule has 0 aliphatic rings. The van der Waals surface area contributed by atoms with Gasteiger partial charge in [0.05, 0.1) is 26.6 Å². The third-order valence-corrected chi connectivity index (χ3v) is 7.28. The molecule has 0 saturated heterocycles. The second-order valence-electron chi connectivity index (χ2n) is 8.82. The monoisotopic (exact) mass is 658 g/mol. The fourth-order valence-electron chi connectivity index (χ4n) is 3.67. The molecule has 196 valence electrons. The lowest BCUT2D eigenvalue weighted by atomic mass is 10.1. The Morgan fingerprint density at radius 2 is 1.92 bits per heavy atom. The van der Waals surface area contributed by atoms with Gasteiger partial charge in [0, 0.05) is 16.1 Å². The number of nitrogens with zero attached hydrogens (tertiary/aromatic N) is 3. The van der Waals surface area contributed by atoms with Crippen LogP contribution in [-0.4, -0.2) is 28.4 Å². The molecule has 1 N–H and O–H groups in total. The van der Waals surface area contributed by atoms with Crippen molar-refractivity contribution in [3.8, 4) is 5.75 Å². The molecule has 0 aliphatic heterocycles. The van der Waals surface area contributed by atoms with Crippen molar-refractivity contribution in [1.82, 2.24) is 9.66 Å². The van der Waals surface area contributed by atoms with Crippen molar-refractivity contribution >= 4 is 72.2 Å². The highest BCUT2D eigenvalue weighted by atomic mass is 79.9. The number of halogens is 3. The second kappa shape index (κ2) is 12.2. The maximum absolute atomic E-state index is 13.3. The zero-order valence-electron chi connectivity index (χ0n) is 21.0. The van der Waals surface area contributed by atoms with Gasteiger partial charge < -0.3 is 10.1 Å². The van der Waals surface area contributed by atoms with Gasteiger partial charge in [-0.2, -0.15) is 9.78 Å². The van der Waals surface area contributed by atoms with E-state index in [1.165, 1.54) is 4.68 Å². The number of anilines is 1. The van der Waals surface area contributed by atoms with Crippen LogP contribution in [0.3, 0.4) is 0 Å². The van der Waals surface area contributed by atoms with Gasteiger partial charge in [0.15, 0.2) is 12.4 Å². The van der Waals surface area contributed by atoms with Crippen molar-refractivity contribution in [2.45, 2.75) is 33.1 Å². The van der Waals surface area contributed by atoms with Gasteiger partial charge in [0.1, 0.15) is 5.82 Å². The van der Waals surface area contributed by atoms with Gasteiger partial charge in [-0.25, -0.2) is 4.98 Å². The summed E-state index contributed by atoms with van der Waals surface area (Å²) < 4.78 is 8.35. The molecule has 0 radical (unpaired) electrons. The average molecular weight is 661 g/mol. The van der Waals surface area contributed by atoms with E-state index in [9.17, 15) is 9.59 Å². The van der Waals surface area contributed by atoms with Crippen LogP contribution >= 0.6 is 43.5 Å². The fraction of sp³-hybridized carbons (Fsp3) is 0.214. The van der Waals surface area contributed by atoms with E-state index < -0.39 is 0 Å². The molecule has 0 spiro atoms. The summed E-state index contributed by atoms with van der Waals surface area (Å²) in [6.45, 7) is 5.80. The molecule has 1 atom stereocenters. The van der Waals surface area contributed by atoms with Crippen LogP contribution in [0, 0.1) is 6.92 Å². The van der Waals surface area contributed by atoms with E-state index in [0.717, 1.165) is 16.5 Å². The molecule has 4 rings (SSSR count). The molecule has 0 fully saturated rings. The van der Waals surface area contributed by atoms with Crippen molar-refractivity contribution in [1.29, 1.82) is 0 Å². The number of carbonyl (C=O) groups is 1. The zero-order chi connectivity index (χ0) is 27.4. The van der Waals surface area contributed by atoms with Crippen LogP contribution < -0.4 is 15.6 Å². The summed E-state index contributed by atoms with van der Waals surface area (Å²) in [6, 6.07) is 16.3. The lowest BCUT2D eigenvalue weighted by molar-refractivity contribution is -0.118. The van der Waals surface area contributed by atoms with Gasteiger partial charge in [0.25, 0.3) is 11.5 Å². The Kier molecular flexibility index (Phi) is 9.02. The normalized spacial score (nSPS) is 12.2. The summed E-state index contributed by atoms with van der Waals surface area (Å²) in [5.41, 5.74) is 2.79. The molecule has 0 unspecified atom stereocenters. The Morgan fingerprint density at radius 3 is 2.61 bits per heavy atom. The lowest BCUT2D eigenvalue weighted by Gasteiger charge is -2.14. The standard InChI is InChI=1S/C28H25Br2ClN4O3/c1-4-17(3)27-34-24-10-7-19(29)13-21(24)28(37)35(27)32-14-18-11-22(30)26(23(31)12-18)38-15-25(36)33-20-8-5-16(2)6-9-20/h5-14,17H,4,15H2,1-3H3,(H,33,36)/t17-/m0/s1. The summed E-state index contributed by atoms with van der Waals surface area (Å²) in [4.78, 5) is 30.4. The van der Waals surface area contributed by atoms with Crippen LogP contribution in [0.5, 0.6) is 5.75 Å². The van der Waals surface area contributed by atoms with Crippen molar-refractivity contribution in [3.63, 3.8) is 0 Å². The van der Waals surface area contributed by atoms with Crippen LogP contribution in [-0.2, 0) is 4.79 Å². The molecule has 1 heterocycles. The number of nitrogens with one attached hydrogen (secondary N) is 1. The van der Waals surface area contributed by atoms with E-state index in [4.69, 9.17) is 21.3 Å². The maximum Gasteiger partial charge on any atom is 0.282 e. The lowest BCUT2D eigenvalue weighted by Crippen LogP contribution is -2.23. The predicted molar refractivity (Wildman–Crippen MR) is 160 cm³/mol. The molecule has 0 bridgehead atoms. The Bertz CT molecular complexity index is 1560. The van der Waals surface area contributed by atoms with Gasteiger partial charge >= 0.3 is 0 Å². The number of hydrogen-bond acceptors (Lipinski definition) is 5. The van der Waals surface area contributed by atoms with Crippen LogP contribution in [0.2, 0.25) is 5.02 Å². The van der Waals surface area contributed by atoms with E-state index in [1.54, 1.807) is 24.4 Å².